The molecule has 0 radical (unpaired) electrons. The maximum atomic E-state index is 3.49. The minimum atomic E-state index is 0.502. The molecular formula is C20H26N2. The van der Waals surface area contributed by atoms with Crippen molar-refractivity contribution in [2.75, 3.05) is 23.3 Å². The first-order valence-corrected chi connectivity index (χ1v) is 8.45. The van der Waals surface area contributed by atoms with Crippen LogP contribution in [0.2, 0.25) is 0 Å². The molecule has 0 aromatic heterocycles. The lowest BCUT2D eigenvalue weighted by atomic mass is 9.97. The molecule has 3 rings (SSSR count). The molecule has 0 amide bonds. The Labute approximate surface area is 134 Å². The van der Waals surface area contributed by atoms with E-state index in [0.29, 0.717) is 6.04 Å². The van der Waals surface area contributed by atoms with Gasteiger partial charge in [0.25, 0.3) is 0 Å². The molecule has 0 spiro atoms. The zero-order valence-corrected chi connectivity index (χ0v) is 13.7. The Morgan fingerprint density at radius 2 is 1.95 bits per heavy atom. The van der Waals surface area contributed by atoms with E-state index in [2.05, 4.69) is 72.6 Å². The van der Waals surface area contributed by atoms with Crippen molar-refractivity contribution in [3.8, 4) is 0 Å². The molecule has 1 aliphatic heterocycles. The van der Waals surface area contributed by atoms with Crippen LogP contribution in [0.25, 0.3) is 0 Å². The SMILES string of the molecule is CCN(c1ccccc1)C(C)Cc1ccc2c(c1)CCCN2. The first-order valence-electron chi connectivity index (χ1n) is 8.45. The van der Waals surface area contributed by atoms with Crippen molar-refractivity contribution < 1.29 is 0 Å². The molecule has 2 aromatic carbocycles. The molecule has 1 atom stereocenters. The van der Waals surface area contributed by atoms with Crippen molar-refractivity contribution in [3.05, 3.63) is 59.7 Å². The summed E-state index contributed by atoms with van der Waals surface area (Å²) in [4.78, 5) is 2.48. The molecule has 0 saturated heterocycles. The van der Waals surface area contributed by atoms with Gasteiger partial charge in [0.15, 0.2) is 0 Å². The number of hydrogen-bond donors (Lipinski definition) is 1. The number of anilines is 2. The third-order valence-corrected chi connectivity index (χ3v) is 4.60. The van der Waals surface area contributed by atoms with Crippen molar-refractivity contribution in [1.82, 2.24) is 0 Å². The van der Waals surface area contributed by atoms with Gasteiger partial charge in [0.1, 0.15) is 0 Å². The number of likely N-dealkylation sites (N-methyl/N-ethyl adjacent to an activating group) is 1. The lowest BCUT2D eigenvalue weighted by Gasteiger charge is -2.30. The second-order valence-electron chi connectivity index (χ2n) is 6.20. The van der Waals surface area contributed by atoms with E-state index in [1.807, 2.05) is 0 Å². The van der Waals surface area contributed by atoms with Crippen LogP contribution in [-0.2, 0) is 12.8 Å². The number of nitrogens with one attached hydrogen (secondary N) is 1. The van der Waals surface area contributed by atoms with Gasteiger partial charge in [-0.25, -0.2) is 0 Å². The standard InChI is InChI=1S/C20H26N2/c1-3-22(19-9-5-4-6-10-19)16(2)14-17-11-12-20-18(15-17)8-7-13-21-20/h4-6,9-12,15-16,21H,3,7-8,13-14H2,1-2H3. The molecule has 2 nitrogen and oxygen atoms in total. The summed E-state index contributed by atoms with van der Waals surface area (Å²) < 4.78 is 0. The zero-order chi connectivity index (χ0) is 15.4. The van der Waals surface area contributed by atoms with Crippen LogP contribution in [0.1, 0.15) is 31.4 Å². The summed E-state index contributed by atoms with van der Waals surface area (Å²) in [5, 5.41) is 3.49. The van der Waals surface area contributed by atoms with Gasteiger partial charge in [-0.15, -0.1) is 0 Å². The molecule has 0 fully saturated rings. The highest BCUT2D eigenvalue weighted by Crippen LogP contribution is 2.25. The van der Waals surface area contributed by atoms with Crippen LogP contribution < -0.4 is 10.2 Å². The Kier molecular flexibility index (Phi) is 4.67. The predicted octanol–water partition coefficient (Wildman–Crippen LogP) is 4.50. The molecule has 0 bridgehead atoms. The molecule has 0 aliphatic carbocycles. The van der Waals surface area contributed by atoms with E-state index in [-0.39, 0.29) is 0 Å². The average Bonchev–Trinajstić information content (AvgIpc) is 2.56. The third kappa shape index (κ3) is 3.27. The lowest BCUT2D eigenvalue weighted by Crippen LogP contribution is -2.34. The van der Waals surface area contributed by atoms with Crippen LogP contribution in [0.15, 0.2) is 48.5 Å². The van der Waals surface area contributed by atoms with Crippen molar-refractivity contribution in [1.29, 1.82) is 0 Å². The summed E-state index contributed by atoms with van der Waals surface area (Å²) in [5.74, 6) is 0. The van der Waals surface area contributed by atoms with E-state index in [9.17, 15) is 0 Å². The van der Waals surface area contributed by atoms with Crippen LogP contribution in [0.4, 0.5) is 11.4 Å². The van der Waals surface area contributed by atoms with E-state index in [1.165, 1.54) is 35.3 Å². The highest BCUT2D eigenvalue weighted by Gasteiger charge is 2.15. The topological polar surface area (TPSA) is 15.3 Å². The van der Waals surface area contributed by atoms with Gasteiger partial charge in [-0.1, -0.05) is 30.3 Å². The fourth-order valence-corrected chi connectivity index (χ4v) is 3.47. The van der Waals surface area contributed by atoms with Crippen LogP contribution in [0.5, 0.6) is 0 Å². The predicted molar refractivity (Wildman–Crippen MR) is 95.9 cm³/mol. The second kappa shape index (κ2) is 6.87. The van der Waals surface area contributed by atoms with Gasteiger partial charge in [0.05, 0.1) is 0 Å². The summed E-state index contributed by atoms with van der Waals surface area (Å²) in [5.41, 5.74) is 5.58. The van der Waals surface area contributed by atoms with Crippen LogP contribution >= 0.6 is 0 Å². The fraction of sp³-hybridized carbons (Fsp3) is 0.400. The van der Waals surface area contributed by atoms with Gasteiger partial charge in [-0.05, 0) is 62.4 Å². The molecule has 2 heteroatoms. The Morgan fingerprint density at radius 1 is 1.14 bits per heavy atom. The summed E-state index contributed by atoms with van der Waals surface area (Å²) in [6.07, 6.45) is 3.55. The summed E-state index contributed by atoms with van der Waals surface area (Å²) in [6, 6.07) is 18.2. The van der Waals surface area contributed by atoms with E-state index >= 15 is 0 Å². The fourth-order valence-electron chi connectivity index (χ4n) is 3.47. The third-order valence-electron chi connectivity index (χ3n) is 4.60. The van der Waals surface area contributed by atoms with E-state index in [1.54, 1.807) is 0 Å². The quantitative estimate of drug-likeness (QED) is 0.873. The molecule has 1 unspecified atom stereocenters. The number of hydrogen-bond acceptors (Lipinski definition) is 2. The number of aryl methyl sites for hydroxylation is 1. The maximum Gasteiger partial charge on any atom is 0.0372 e. The molecule has 1 N–H and O–H groups in total. The van der Waals surface area contributed by atoms with Crippen molar-refractivity contribution in [3.63, 3.8) is 0 Å². The summed E-state index contributed by atoms with van der Waals surface area (Å²) in [6.45, 7) is 6.71. The van der Waals surface area contributed by atoms with Crippen molar-refractivity contribution in [2.24, 2.45) is 0 Å². The van der Waals surface area contributed by atoms with Gasteiger partial charge in [0, 0.05) is 30.5 Å². The lowest BCUT2D eigenvalue weighted by molar-refractivity contribution is 0.644. The Hall–Kier alpha value is -1.96. The minimum absolute atomic E-state index is 0.502. The molecule has 22 heavy (non-hydrogen) atoms. The van der Waals surface area contributed by atoms with Crippen molar-refractivity contribution in [2.45, 2.75) is 39.2 Å². The largest absolute Gasteiger partial charge is 0.385 e. The van der Waals surface area contributed by atoms with Gasteiger partial charge >= 0.3 is 0 Å². The van der Waals surface area contributed by atoms with Gasteiger partial charge in [0.2, 0.25) is 0 Å². The summed E-state index contributed by atoms with van der Waals surface area (Å²) >= 11 is 0. The number of para-hydroxylation sites is 1. The maximum absolute atomic E-state index is 3.49. The highest BCUT2D eigenvalue weighted by molar-refractivity contribution is 5.54. The van der Waals surface area contributed by atoms with E-state index in [0.717, 1.165) is 19.5 Å². The Morgan fingerprint density at radius 3 is 2.73 bits per heavy atom. The number of nitrogens with zero attached hydrogens (tertiary/aromatic N) is 1. The van der Waals surface area contributed by atoms with Gasteiger partial charge in [-0.2, -0.15) is 0 Å². The van der Waals surface area contributed by atoms with Crippen LogP contribution in [-0.4, -0.2) is 19.1 Å². The molecule has 2 aromatic rings. The number of benzene rings is 2. The summed E-state index contributed by atoms with van der Waals surface area (Å²) in [7, 11) is 0. The monoisotopic (exact) mass is 294 g/mol. The first kappa shape index (κ1) is 15.0. The number of rotatable bonds is 5. The molecular weight excluding hydrogens is 268 g/mol. The normalized spacial score (nSPS) is 14.8. The number of fused-ring (bicyclic) bond motifs is 1. The van der Waals surface area contributed by atoms with E-state index in [4.69, 9.17) is 0 Å². The highest BCUT2D eigenvalue weighted by atomic mass is 15.1. The Bertz CT molecular complexity index is 606. The van der Waals surface area contributed by atoms with Gasteiger partial charge < -0.3 is 10.2 Å². The average molecular weight is 294 g/mol. The molecule has 116 valence electrons. The van der Waals surface area contributed by atoms with Gasteiger partial charge in [-0.3, -0.25) is 0 Å². The first-order chi connectivity index (χ1) is 10.8. The second-order valence-corrected chi connectivity index (χ2v) is 6.20. The minimum Gasteiger partial charge on any atom is -0.385 e. The van der Waals surface area contributed by atoms with Crippen molar-refractivity contribution >= 4 is 11.4 Å². The molecule has 1 aliphatic rings. The molecule has 1 heterocycles. The van der Waals surface area contributed by atoms with Crippen LogP contribution in [0.3, 0.4) is 0 Å². The Balaban J connectivity index is 1.74. The smallest absolute Gasteiger partial charge is 0.0372 e. The zero-order valence-electron chi connectivity index (χ0n) is 13.7. The van der Waals surface area contributed by atoms with Crippen LogP contribution in [0, 0.1) is 0 Å². The molecule has 0 saturated carbocycles. The van der Waals surface area contributed by atoms with E-state index < -0.39 is 0 Å².